The van der Waals surface area contributed by atoms with E-state index in [4.69, 9.17) is 0 Å². The summed E-state index contributed by atoms with van der Waals surface area (Å²) in [7, 11) is -3.59. The molecule has 1 aliphatic heterocycles. The highest BCUT2D eigenvalue weighted by molar-refractivity contribution is 9.12. The zero-order valence-electron chi connectivity index (χ0n) is 14.9. The van der Waals surface area contributed by atoms with E-state index < -0.39 is 14.6 Å². The minimum absolute atomic E-state index is 0.306. The van der Waals surface area contributed by atoms with Crippen LogP contribution in [0, 0.1) is 5.92 Å². The van der Waals surface area contributed by atoms with Crippen molar-refractivity contribution in [3.05, 3.63) is 92.4 Å². The quantitative estimate of drug-likeness (QED) is 0.478. The van der Waals surface area contributed by atoms with Gasteiger partial charge in [-0.05, 0) is 36.6 Å². The van der Waals surface area contributed by atoms with Gasteiger partial charge in [-0.25, -0.2) is 8.42 Å². The number of benzene rings is 2. The Labute approximate surface area is 176 Å². The van der Waals surface area contributed by atoms with Crippen molar-refractivity contribution >= 4 is 52.2 Å². The van der Waals surface area contributed by atoms with E-state index in [0.29, 0.717) is 4.91 Å². The summed E-state index contributed by atoms with van der Waals surface area (Å²) in [6, 6.07) is 19.3. The monoisotopic (exact) mass is 504 g/mol. The van der Waals surface area contributed by atoms with Gasteiger partial charge in [0.25, 0.3) is 0 Å². The molecular formula is C22H18Br2O2S. The van der Waals surface area contributed by atoms with Gasteiger partial charge in [-0.15, -0.1) is 0 Å². The third kappa shape index (κ3) is 2.59. The molecule has 2 aromatic carbocycles. The fourth-order valence-electron chi connectivity index (χ4n) is 4.06. The van der Waals surface area contributed by atoms with Crippen LogP contribution in [0.3, 0.4) is 0 Å². The summed E-state index contributed by atoms with van der Waals surface area (Å²) in [5.74, 6) is -0.306. The molecule has 0 radical (unpaired) electrons. The predicted molar refractivity (Wildman–Crippen MR) is 119 cm³/mol. The molecule has 0 fully saturated rings. The number of hydrogen-bond acceptors (Lipinski definition) is 2. The smallest absolute Gasteiger partial charge is 0.189 e. The molecule has 138 valence electrons. The van der Waals surface area contributed by atoms with Gasteiger partial charge >= 0.3 is 0 Å². The van der Waals surface area contributed by atoms with Crippen molar-refractivity contribution in [1.82, 2.24) is 0 Å². The molecule has 0 saturated carbocycles. The second kappa shape index (κ2) is 6.57. The minimum Gasteiger partial charge on any atom is -0.223 e. The van der Waals surface area contributed by atoms with Crippen LogP contribution in [0.5, 0.6) is 0 Å². The lowest BCUT2D eigenvalue weighted by atomic mass is 9.75. The molecule has 1 heterocycles. The molecule has 0 bridgehead atoms. The normalized spacial score (nSPS) is 26.8. The number of fused-ring (bicyclic) bond motifs is 1. The number of hydrogen-bond donors (Lipinski definition) is 0. The van der Waals surface area contributed by atoms with E-state index in [9.17, 15) is 8.42 Å². The van der Waals surface area contributed by atoms with Gasteiger partial charge in [0.15, 0.2) is 9.84 Å². The molecule has 0 unspecified atom stereocenters. The predicted octanol–water partition coefficient (Wildman–Crippen LogP) is 6.32. The molecule has 0 saturated heterocycles. The highest BCUT2D eigenvalue weighted by Crippen LogP contribution is 2.61. The van der Waals surface area contributed by atoms with Gasteiger partial charge in [0, 0.05) is 14.9 Å². The van der Waals surface area contributed by atoms with E-state index in [0.717, 1.165) is 31.2 Å². The second-order valence-electron chi connectivity index (χ2n) is 7.04. The Hall–Kier alpha value is -1.43. The Balaban J connectivity index is 2.06. The highest BCUT2D eigenvalue weighted by Gasteiger charge is 2.59. The first-order chi connectivity index (χ1) is 12.8. The van der Waals surface area contributed by atoms with Gasteiger partial charge in [-0.1, -0.05) is 98.1 Å². The van der Waals surface area contributed by atoms with Gasteiger partial charge in [-0.2, -0.15) is 0 Å². The van der Waals surface area contributed by atoms with Crippen molar-refractivity contribution < 1.29 is 8.42 Å². The summed E-state index contributed by atoms with van der Waals surface area (Å²) in [5.41, 5.74) is 3.56. The molecule has 2 atom stereocenters. The maximum absolute atomic E-state index is 13.8. The van der Waals surface area contributed by atoms with Crippen LogP contribution in [-0.4, -0.2) is 13.2 Å². The molecule has 5 heteroatoms. The summed E-state index contributed by atoms with van der Waals surface area (Å²) in [4.78, 5) is 0.388. The molecular weight excluding hydrogens is 488 g/mol. The molecule has 0 aromatic heterocycles. The zero-order chi connectivity index (χ0) is 19.4. The topological polar surface area (TPSA) is 34.1 Å². The van der Waals surface area contributed by atoms with Crippen molar-refractivity contribution in [3.63, 3.8) is 0 Å². The van der Waals surface area contributed by atoms with Crippen LogP contribution in [0.1, 0.15) is 25.0 Å². The minimum atomic E-state index is -3.59. The Morgan fingerprint density at radius 1 is 0.889 bits per heavy atom. The maximum atomic E-state index is 13.8. The lowest BCUT2D eigenvalue weighted by Gasteiger charge is -2.37. The first-order valence-corrected chi connectivity index (χ1v) is 11.7. The molecule has 2 aliphatic rings. The van der Waals surface area contributed by atoms with Gasteiger partial charge < -0.3 is 0 Å². The second-order valence-corrected chi connectivity index (χ2v) is 11.0. The number of rotatable bonds is 2. The van der Waals surface area contributed by atoms with Crippen molar-refractivity contribution in [2.75, 3.05) is 0 Å². The summed E-state index contributed by atoms with van der Waals surface area (Å²) in [6.07, 6.45) is 1.95. The van der Waals surface area contributed by atoms with Gasteiger partial charge in [-0.3, -0.25) is 0 Å². The molecule has 1 aliphatic carbocycles. The summed E-state index contributed by atoms with van der Waals surface area (Å²) < 4.78 is 28.2. The average Bonchev–Trinajstić information content (AvgIpc) is 2.81. The molecule has 0 N–H and O–H groups in total. The Bertz CT molecular complexity index is 1110. The lowest BCUT2D eigenvalue weighted by Crippen LogP contribution is -2.42. The van der Waals surface area contributed by atoms with Crippen LogP contribution in [0.25, 0.3) is 10.5 Å². The van der Waals surface area contributed by atoms with Crippen LogP contribution >= 0.6 is 31.9 Å². The van der Waals surface area contributed by atoms with E-state index in [1.54, 1.807) is 0 Å². The maximum Gasteiger partial charge on any atom is 0.189 e. The number of allylic oxidation sites excluding steroid dienone is 4. The third-order valence-electron chi connectivity index (χ3n) is 5.64. The van der Waals surface area contributed by atoms with E-state index >= 15 is 0 Å². The number of halogens is 2. The van der Waals surface area contributed by atoms with Crippen LogP contribution in [0.2, 0.25) is 0 Å². The van der Waals surface area contributed by atoms with Gasteiger partial charge in [0.1, 0.15) is 4.75 Å². The average molecular weight is 506 g/mol. The van der Waals surface area contributed by atoms with E-state index in [2.05, 4.69) is 31.9 Å². The molecule has 27 heavy (non-hydrogen) atoms. The first-order valence-electron chi connectivity index (χ1n) is 8.63. The highest BCUT2D eigenvalue weighted by atomic mass is 79.9. The first kappa shape index (κ1) is 18.9. The van der Waals surface area contributed by atoms with Gasteiger partial charge in [0.2, 0.25) is 0 Å². The van der Waals surface area contributed by atoms with Crippen LogP contribution in [0.4, 0.5) is 0 Å². The number of sulfone groups is 1. The fourth-order valence-corrected chi connectivity index (χ4v) is 8.85. The molecule has 0 spiro atoms. The van der Waals surface area contributed by atoms with E-state index in [1.165, 1.54) is 0 Å². The SMILES string of the molecule is CC1=CC(Br)=C(c2ccccc2)[C@@H]2C(Br)=C(c3ccccc3)S(=O)(=O)[C@]12C. The van der Waals surface area contributed by atoms with Crippen molar-refractivity contribution in [3.8, 4) is 0 Å². The summed E-state index contributed by atoms with van der Waals surface area (Å²) >= 11 is 7.40. The van der Waals surface area contributed by atoms with Crippen molar-refractivity contribution in [1.29, 1.82) is 0 Å². The fraction of sp³-hybridized carbons (Fsp3) is 0.182. The summed E-state index contributed by atoms with van der Waals surface area (Å²) in [5, 5.41) is 0. The van der Waals surface area contributed by atoms with Crippen LogP contribution < -0.4 is 0 Å². The standard InChI is InChI=1S/C22H18Br2O2S/c1-14-13-17(23)18(15-9-5-3-6-10-15)19-20(24)21(16-11-7-4-8-12-16)27(25,26)22(14,19)2/h3-13,19H,1-2H3/t19-,22-/m1/s1. The largest absolute Gasteiger partial charge is 0.223 e. The Morgan fingerprint density at radius 2 is 1.41 bits per heavy atom. The molecule has 2 nitrogen and oxygen atoms in total. The Kier molecular flexibility index (Phi) is 4.60. The zero-order valence-corrected chi connectivity index (χ0v) is 18.9. The van der Waals surface area contributed by atoms with Crippen LogP contribution in [0.15, 0.2) is 81.3 Å². The lowest BCUT2D eigenvalue weighted by molar-refractivity contribution is 0.544. The van der Waals surface area contributed by atoms with E-state index in [1.807, 2.05) is 80.6 Å². The Morgan fingerprint density at radius 3 is 1.96 bits per heavy atom. The molecule has 4 rings (SSSR count). The van der Waals surface area contributed by atoms with Crippen LogP contribution in [-0.2, 0) is 9.84 Å². The summed E-state index contributed by atoms with van der Waals surface area (Å²) in [6.45, 7) is 3.75. The van der Waals surface area contributed by atoms with Crippen molar-refractivity contribution in [2.24, 2.45) is 5.92 Å². The molecule has 0 amide bonds. The van der Waals surface area contributed by atoms with E-state index in [-0.39, 0.29) is 5.92 Å². The van der Waals surface area contributed by atoms with Gasteiger partial charge in [0.05, 0.1) is 4.91 Å². The van der Waals surface area contributed by atoms with Crippen molar-refractivity contribution in [2.45, 2.75) is 18.6 Å². The third-order valence-corrected chi connectivity index (χ3v) is 10.1. The molecule has 2 aromatic rings.